The molecule has 1 aliphatic rings. The van der Waals surface area contributed by atoms with Crippen LogP contribution in [0, 0.1) is 5.82 Å². The predicted molar refractivity (Wildman–Crippen MR) is 81.0 cm³/mol. The van der Waals surface area contributed by atoms with Crippen LogP contribution in [0.2, 0.25) is 0 Å². The summed E-state index contributed by atoms with van der Waals surface area (Å²) in [6.07, 6.45) is 0. The van der Waals surface area contributed by atoms with Gasteiger partial charge in [-0.05, 0) is 18.2 Å². The van der Waals surface area contributed by atoms with Gasteiger partial charge in [-0.25, -0.2) is 4.39 Å². The molecule has 5 heteroatoms. The second-order valence-electron chi connectivity index (χ2n) is 4.69. The van der Waals surface area contributed by atoms with Crippen molar-refractivity contribution >= 4 is 34.7 Å². The molecule has 0 radical (unpaired) electrons. The summed E-state index contributed by atoms with van der Waals surface area (Å²) in [5, 5.41) is 1.11. The zero-order valence-electron chi connectivity index (χ0n) is 10.5. The van der Waals surface area contributed by atoms with Crippen molar-refractivity contribution in [2.75, 3.05) is 18.0 Å². The van der Waals surface area contributed by atoms with E-state index in [1.807, 2.05) is 11.8 Å². The monoisotopic (exact) mass is 284 g/mol. The third-order valence-corrected chi connectivity index (χ3v) is 4.43. The molecular formula is C13H17FN2S2. The van der Waals surface area contributed by atoms with Crippen molar-refractivity contribution in [2.24, 2.45) is 5.73 Å². The van der Waals surface area contributed by atoms with Crippen molar-refractivity contribution in [1.29, 1.82) is 0 Å². The molecule has 0 spiro atoms. The molecule has 2 unspecified atom stereocenters. The van der Waals surface area contributed by atoms with Gasteiger partial charge in [0.1, 0.15) is 10.8 Å². The quantitative estimate of drug-likeness (QED) is 0.846. The normalized spacial score (nSPS) is 24.1. The van der Waals surface area contributed by atoms with Crippen molar-refractivity contribution in [3.63, 3.8) is 0 Å². The summed E-state index contributed by atoms with van der Waals surface area (Å²) in [6, 6.07) is 4.67. The molecule has 1 aromatic rings. The zero-order chi connectivity index (χ0) is 13.3. The van der Waals surface area contributed by atoms with E-state index in [1.165, 1.54) is 12.1 Å². The van der Waals surface area contributed by atoms with Gasteiger partial charge in [-0.15, -0.1) is 0 Å². The Hall–Kier alpha value is -0.810. The van der Waals surface area contributed by atoms with Crippen LogP contribution in [0.25, 0.3) is 0 Å². The minimum absolute atomic E-state index is 0.253. The lowest BCUT2D eigenvalue weighted by Gasteiger charge is -2.37. The van der Waals surface area contributed by atoms with Crippen molar-refractivity contribution < 1.29 is 4.39 Å². The van der Waals surface area contributed by atoms with E-state index in [9.17, 15) is 4.39 Å². The van der Waals surface area contributed by atoms with E-state index in [4.69, 9.17) is 18.0 Å². The van der Waals surface area contributed by atoms with Crippen molar-refractivity contribution in [1.82, 2.24) is 0 Å². The molecule has 0 bridgehead atoms. The molecule has 0 saturated carbocycles. The van der Waals surface area contributed by atoms with Crippen LogP contribution in [0.1, 0.15) is 19.4 Å². The first-order valence-corrected chi connectivity index (χ1v) is 7.32. The first kappa shape index (κ1) is 13.6. The van der Waals surface area contributed by atoms with Gasteiger partial charge < -0.3 is 10.6 Å². The lowest BCUT2D eigenvalue weighted by molar-refractivity contribution is 0.626. The standard InChI is InChI=1S/C13H17FN2S2/c1-8-6-16(7-9(2)18-8)12-4-3-10(14)5-11(12)13(15)17/h3-5,8-9H,6-7H2,1-2H3,(H2,15,17). The summed E-state index contributed by atoms with van der Waals surface area (Å²) in [6.45, 7) is 6.29. The third kappa shape index (κ3) is 2.95. The van der Waals surface area contributed by atoms with E-state index in [0.717, 1.165) is 18.8 Å². The molecule has 2 rings (SSSR count). The fourth-order valence-electron chi connectivity index (χ4n) is 2.36. The van der Waals surface area contributed by atoms with Crippen LogP contribution < -0.4 is 10.6 Å². The van der Waals surface area contributed by atoms with E-state index >= 15 is 0 Å². The first-order valence-electron chi connectivity index (χ1n) is 5.97. The van der Waals surface area contributed by atoms with Gasteiger partial charge >= 0.3 is 0 Å². The van der Waals surface area contributed by atoms with Crippen molar-refractivity contribution in [2.45, 2.75) is 24.3 Å². The molecule has 18 heavy (non-hydrogen) atoms. The maximum absolute atomic E-state index is 13.3. The maximum Gasteiger partial charge on any atom is 0.124 e. The largest absolute Gasteiger partial charge is 0.389 e. The number of hydrogen-bond donors (Lipinski definition) is 1. The van der Waals surface area contributed by atoms with Gasteiger partial charge in [-0.3, -0.25) is 0 Å². The van der Waals surface area contributed by atoms with Gasteiger partial charge in [-0.2, -0.15) is 11.8 Å². The van der Waals surface area contributed by atoms with Gasteiger partial charge in [-0.1, -0.05) is 26.1 Å². The van der Waals surface area contributed by atoms with Crippen LogP contribution in [0.5, 0.6) is 0 Å². The molecule has 0 aliphatic carbocycles. The average Bonchev–Trinajstić information content (AvgIpc) is 2.27. The van der Waals surface area contributed by atoms with Crippen LogP contribution in [-0.4, -0.2) is 28.6 Å². The third-order valence-electron chi connectivity index (χ3n) is 2.98. The molecular weight excluding hydrogens is 267 g/mol. The molecule has 1 heterocycles. The molecule has 2 N–H and O–H groups in total. The van der Waals surface area contributed by atoms with Gasteiger partial charge in [0, 0.05) is 34.8 Å². The van der Waals surface area contributed by atoms with E-state index in [-0.39, 0.29) is 10.8 Å². The van der Waals surface area contributed by atoms with Crippen LogP contribution in [0.3, 0.4) is 0 Å². The number of nitrogens with zero attached hydrogens (tertiary/aromatic N) is 1. The second-order valence-corrected chi connectivity index (χ2v) is 7.01. The minimum Gasteiger partial charge on any atom is -0.389 e. The molecule has 0 amide bonds. The smallest absolute Gasteiger partial charge is 0.124 e. The Labute approximate surface area is 117 Å². The van der Waals surface area contributed by atoms with Gasteiger partial charge in [0.2, 0.25) is 0 Å². The van der Waals surface area contributed by atoms with Crippen LogP contribution in [0.15, 0.2) is 18.2 Å². The Morgan fingerprint density at radius 3 is 2.56 bits per heavy atom. The first-order chi connectivity index (χ1) is 8.47. The number of thiocarbonyl (C=S) groups is 1. The summed E-state index contributed by atoms with van der Waals surface area (Å²) in [5.74, 6) is -0.297. The molecule has 1 aliphatic heterocycles. The molecule has 0 aromatic heterocycles. The summed E-state index contributed by atoms with van der Waals surface area (Å²) in [5.41, 5.74) is 7.27. The number of rotatable bonds is 2. The molecule has 1 fully saturated rings. The van der Waals surface area contributed by atoms with Crippen LogP contribution >= 0.6 is 24.0 Å². The highest BCUT2D eigenvalue weighted by atomic mass is 32.2. The Balaban J connectivity index is 2.35. The predicted octanol–water partition coefficient (Wildman–Crippen LogP) is 2.79. The van der Waals surface area contributed by atoms with Gasteiger partial charge in [0.15, 0.2) is 0 Å². The lowest BCUT2D eigenvalue weighted by Crippen LogP contribution is -2.41. The van der Waals surface area contributed by atoms with Gasteiger partial charge in [0.25, 0.3) is 0 Å². The zero-order valence-corrected chi connectivity index (χ0v) is 12.2. The minimum atomic E-state index is -0.297. The Kier molecular flexibility index (Phi) is 4.12. The number of hydrogen-bond acceptors (Lipinski definition) is 3. The highest BCUT2D eigenvalue weighted by Gasteiger charge is 2.24. The molecule has 1 aromatic carbocycles. The van der Waals surface area contributed by atoms with Gasteiger partial charge in [0.05, 0.1) is 0 Å². The number of benzene rings is 1. The van der Waals surface area contributed by atoms with Crippen molar-refractivity contribution in [3.05, 3.63) is 29.6 Å². The fourth-order valence-corrected chi connectivity index (χ4v) is 3.84. The van der Waals surface area contributed by atoms with E-state index in [1.54, 1.807) is 6.07 Å². The summed E-state index contributed by atoms with van der Waals surface area (Å²) >= 11 is 6.99. The highest BCUT2D eigenvalue weighted by molar-refractivity contribution is 8.00. The molecule has 98 valence electrons. The number of halogens is 1. The molecule has 2 atom stereocenters. The summed E-state index contributed by atoms with van der Waals surface area (Å²) in [4.78, 5) is 2.50. The summed E-state index contributed by atoms with van der Waals surface area (Å²) in [7, 11) is 0. The fraction of sp³-hybridized carbons (Fsp3) is 0.462. The number of anilines is 1. The highest BCUT2D eigenvalue weighted by Crippen LogP contribution is 2.30. The summed E-state index contributed by atoms with van der Waals surface area (Å²) < 4.78 is 13.3. The Morgan fingerprint density at radius 2 is 2.00 bits per heavy atom. The Bertz CT molecular complexity index is 454. The number of thioether (sulfide) groups is 1. The van der Waals surface area contributed by atoms with E-state index < -0.39 is 0 Å². The lowest BCUT2D eigenvalue weighted by atomic mass is 10.1. The van der Waals surface area contributed by atoms with Crippen molar-refractivity contribution in [3.8, 4) is 0 Å². The SMILES string of the molecule is CC1CN(c2ccc(F)cc2C(N)=S)CC(C)S1. The van der Waals surface area contributed by atoms with Crippen LogP contribution in [0.4, 0.5) is 10.1 Å². The van der Waals surface area contributed by atoms with Crippen LogP contribution in [-0.2, 0) is 0 Å². The average molecular weight is 284 g/mol. The number of nitrogens with two attached hydrogens (primary N) is 1. The Morgan fingerprint density at radius 1 is 1.39 bits per heavy atom. The van der Waals surface area contributed by atoms with E-state index in [2.05, 4.69) is 18.7 Å². The second kappa shape index (κ2) is 5.45. The topological polar surface area (TPSA) is 29.3 Å². The maximum atomic E-state index is 13.3. The molecule has 1 saturated heterocycles. The van der Waals surface area contributed by atoms with E-state index in [0.29, 0.717) is 16.1 Å². The molecule has 2 nitrogen and oxygen atoms in total.